The number of nitrogens with one attached hydrogen (secondary N) is 1. The van der Waals surface area contributed by atoms with E-state index in [1.54, 1.807) is 51.7 Å². The number of amides is 2. The first-order valence-corrected chi connectivity index (χ1v) is 20.2. The first-order valence-electron chi connectivity index (χ1n) is 20.2. The van der Waals surface area contributed by atoms with E-state index in [1.165, 1.54) is 6.42 Å². The molecule has 1 saturated carbocycles. The van der Waals surface area contributed by atoms with Crippen LogP contribution in [-0.2, 0) is 49.4 Å². The van der Waals surface area contributed by atoms with Crippen LogP contribution in [0.2, 0.25) is 0 Å². The van der Waals surface area contributed by atoms with Gasteiger partial charge in [-0.1, -0.05) is 83.2 Å². The van der Waals surface area contributed by atoms with Gasteiger partial charge in [-0.25, -0.2) is 19.2 Å². The number of carbonyl (C=O) groups excluding carboxylic acids is 5. The van der Waals surface area contributed by atoms with E-state index in [4.69, 9.17) is 28.4 Å². The molecule has 1 heterocycles. The van der Waals surface area contributed by atoms with Crippen LogP contribution in [0.3, 0.4) is 0 Å². The first kappa shape index (κ1) is 46.5. The van der Waals surface area contributed by atoms with E-state index >= 15 is 0 Å². The lowest BCUT2D eigenvalue weighted by atomic mass is 9.83. The fourth-order valence-electron chi connectivity index (χ4n) is 7.13. The first-order chi connectivity index (χ1) is 25.9. The molecule has 3 rings (SSSR count). The highest BCUT2D eigenvalue weighted by molar-refractivity contribution is 5.82. The van der Waals surface area contributed by atoms with Gasteiger partial charge in [-0.15, -0.1) is 0 Å². The van der Waals surface area contributed by atoms with Gasteiger partial charge in [-0.05, 0) is 98.0 Å². The zero-order valence-electron chi connectivity index (χ0n) is 35.7. The SMILES string of the molecule is CC(C)(C)CC(CCCC(=O)OC[C@H](NC(=O)OCc1ccccc1)C(=O)OC(C)(C)C)OC(=O)[C@@H]1OC(C)(C)N(C(=O)OC(C)(C)C)[C@H]1CC1CCCCC1. The van der Waals surface area contributed by atoms with Crippen molar-refractivity contribution in [2.75, 3.05) is 6.61 Å². The Balaban J connectivity index is 1.65. The summed E-state index contributed by atoms with van der Waals surface area (Å²) >= 11 is 0. The normalized spacial score (nSPS) is 20.0. The third kappa shape index (κ3) is 16.3. The van der Waals surface area contributed by atoms with Crippen molar-refractivity contribution >= 4 is 30.1 Å². The number of rotatable bonds is 15. The Bertz CT molecular complexity index is 1450. The molecule has 13 nitrogen and oxygen atoms in total. The number of alkyl carbamates (subject to hydrolysis) is 1. The molecule has 1 N–H and O–H groups in total. The minimum absolute atomic E-state index is 0.0123. The molecule has 0 aromatic heterocycles. The Kier molecular flexibility index (Phi) is 16.6. The summed E-state index contributed by atoms with van der Waals surface area (Å²) in [6, 6.07) is 7.20. The molecule has 2 fully saturated rings. The van der Waals surface area contributed by atoms with Crippen molar-refractivity contribution in [3.63, 3.8) is 0 Å². The summed E-state index contributed by atoms with van der Waals surface area (Å²) in [5.41, 5.74) is -2.15. The van der Waals surface area contributed by atoms with E-state index in [1.807, 2.05) is 59.7 Å². The summed E-state index contributed by atoms with van der Waals surface area (Å²) in [5.74, 6) is -1.58. The van der Waals surface area contributed by atoms with E-state index in [-0.39, 0.29) is 18.4 Å². The van der Waals surface area contributed by atoms with Gasteiger partial charge in [0.15, 0.2) is 12.1 Å². The molecule has 0 spiro atoms. The van der Waals surface area contributed by atoms with Crippen LogP contribution in [-0.4, -0.2) is 82.8 Å². The molecule has 316 valence electrons. The van der Waals surface area contributed by atoms with Crippen LogP contribution in [0.4, 0.5) is 9.59 Å². The van der Waals surface area contributed by atoms with Gasteiger partial charge in [-0.2, -0.15) is 0 Å². The maximum Gasteiger partial charge on any atom is 0.412 e. The number of benzene rings is 1. The van der Waals surface area contributed by atoms with Crippen LogP contribution in [0, 0.1) is 11.3 Å². The Labute approximate surface area is 334 Å². The zero-order valence-corrected chi connectivity index (χ0v) is 35.7. The monoisotopic (exact) mass is 788 g/mol. The lowest BCUT2D eigenvalue weighted by Crippen LogP contribution is -2.51. The van der Waals surface area contributed by atoms with E-state index in [2.05, 4.69) is 5.32 Å². The van der Waals surface area contributed by atoms with Crippen molar-refractivity contribution in [1.82, 2.24) is 10.2 Å². The van der Waals surface area contributed by atoms with Gasteiger partial charge in [-0.3, -0.25) is 9.69 Å². The van der Waals surface area contributed by atoms with Gasteiger partial charge >= 0.3 is 30.1 Å². The maximum atomic E-state index is 14.1. The zero-order chi connectivity index (χ0) is 41.9. The van der Waals surface area contributed by atoms with Gasteiger partial charge in [0.25, 0.3) is 0 Å². The van der Waals surface area contributed by atoms with Gasteiger partial charge in [0.1, 0.15) is 36.2 Å². The molecule has 1 unspecified atom stereocenters. The van der Waals surface area contributed by atoms with E-state index in [0.29, 0.717) is 31.6 Å². The van der Waals surface area contributed by atoms with Gasteiger partial charge in [0, 0.05) is 6.42 Å². The summed E-state index contributed by atoms with van der Waals surface area (Å²) in [6.45, 7) is 19.7. The second kappa shape index (κ2) is 20.0. The Morgan fingerprint density at radius 2 is 1.50 bits per heavy atom. The highest BCUT2D eigenvalue weighted by atomic mass is 16.6. The Hall–Kier alpha value is -3.87. The predicted molar refractivity (Wildman–Crippen MR) is 210 cm³/mol. The summed E-state index contributed by atoms with van der Waals surface area (Å²) in [4.78, 5) is 67.8. The van der Waals surface area contributed by atoms with Crippen molar-refractivity contribution < 1.29 is 52.4 Å². The average Bonchev–Trinajstić information content (AvgIpc) is 3.33. The molecule has 13 heteroatoms. The second-order valence-electron chi connectivity index (χ2n) is 18.8. The molecule has 1 aliphatic heterocycles. The van der Waals surface area contributed by atoms with Crippen molar-refractivity contribution in [2.24, 2.45) is 11.3 Å². The topological polar surface area (TPSA) is 156 Å². The summed E-state index contributed by atoms with van der Waals surface area (Å²) < 4.78 is 34.5. The maximum absolute atomic E-state index is 14.1. The standard InChI is InChI=1S/C43H68N2O11/c1-40(2,3)26-31(53-37(48)35-33(25-29-19-14-12-15-20-29)45(43(10,11)54-35)39(50)56-42(7,8)9)23-18-24-34(46)51-28-32(36(47)55-41(4,5)6)44-38(49)52-27-30-21-16-13-17-22-30/h13,16-17,21-22,29,31-33,35H,12,14-15,18-20,23-28H2,1-11H3,(H,44,49)/t31?,32-,33-,35+/m0/s1. The summed E-state index contributed by atoms with van der Waals surface area (Å²) in [6.07, 6.45) is 4.26. The number of esters is 3. The van der Waals surface area contributed by atoms with Crippen molar-refractivity contribution in [3.05, 3.63) is 35.9 Å². The van der Waals surface area contributed by atoms with Crippen LogP contribution in [0.1, 0.15) is 146 Å². The summed E-state index contributed by atoms with van der Waals surface area (Å²) in [7, 11) is 0. The lowest BCUT2D eigenvalue weighted by molar-refractivity contribution is -0.168. The smallest absolute Gasteiger partial charge is 0.412 e. The molecule has 56 heavy (non-hydrogen) atoms. The molecule has 1 aromatic carbocycles. The van der Waals surface area contributed by atoms with Gasteiger partial charge < -0.3 is 33.7 Å². The molecular formula is C43H68N2O11. The van der Waals surface area contributed by atoms with Gasteiger partial charge in [0.2, 0.25) is 0 Å². The fourth-order valence-corrected chi connectivity index (χ4v) is 7.13. The fraction of sp³-hybridized carbons (Fsp3) is 0.744. The average molecular weight is 789 g/mol. The number of hydrogen-bond acceptors (Lipinski definition) is 11. The van der Waals surface area contributed by atoms with Crippen LogP contribution in [0.5, 0.6) is 0 Å². The second-order valence-corrected chi connectivity index (χ2v) is 18.8. The Morgan fingerprint density at radius 3 is 2.09 bits per heavy atom. The van der Waals surface area contributed by atoms with Gasteiger partial charge in [0.05, 0.1) is 6.04 Å². The molecule has 2 aliphatic rings. The predicted octanol–water partition coefficient (Wildman–Crippen LogP) is 8.40. The molecular weight excluding hydrogens is 720 g/mol. The molecule has 1 aliphatic carbocycles. The largest absolute Gasteiger partial charge is 0.463 e. The van der Waals surface area contributed by atoms with Crippen LogP contribution >= 0.6 is 0 Å². The number of hydrogen-bond donors (Lipinski definition) is 1. The number of ether oxygens (including phenoxy) is 6. The molecule has 1 aromatic rings. The molecule has 1 saturated heterocycles. The van der Waals surface area contributed by atoms with Crippen molar-refractivity contribution in [1.29, 1.82) is 0 Å². The number of carbonyl (C=O) groups is 5. The Morgan fingerprint density at radius 1 is 0.875 bits per heavy atom. The quantitative estimate of drug-likeness (QED) is 0.135. The molecule has 2 amide bonds. The van der Waals surface area contributed by atoms with E-state index < -0.39 is 77.9 Å². The number of nitrogens with zero attached hydrogens (tertiary/aromatic N) is 1. The van der Waals surface area contributed by atoms with Crippen LogP contribution < -0.4 is 5.32 Å². The highest BCUT2D eigenvalue weighted by Crippen LogP contribution is 2.40. The highest BCUT2D eigenvalue weighted by Gasteiger charge is 2.55. The minimum Gasteiger partial charge on any atom is -0.463 e. The van der Waals surface area contributed by atoms with Crippen molar-refractivity contribution in [2.45, 2.75) is 188 Å². The summed E-state index contributed by atoms with van der Waals surface area (Å²) in [5, 5.41) is 2.45. The third-order valence-electron chi connectivity index (χ3n) is 9.44. The molecule has 0 bridgehead atoms. The van der Waals surface area contributed by atoms with Crippen LogP contribution in [0.15, 0.2) is 30.3 Å². The minimum atomic E-state index is -1.30. The van der Waals surface area contributed by atoms with Crippen molar-refractivity contribution in [3.8, 4) is 0 Å². The van der Waals surface area contributed by atoms with E-state index in [0.717, 1.165) is 31.2 Å². The van der Waals surface area contributed by atoms with E-state index in [9.17, 15) is 24.0 Å². The lowest BCUT2D eigenvalue weighted by Gasteiger charge is -2.36. The third-order valence-corrected chi connectivity index (χ3v) is 9.44. The molecule has 0 radical (unpaired) electrons. The van der Waals surface area contributed by atoms with Crippen LogP contribution in [0.25, 0.3) is 0 Å². The molecule has 4 atom stereocenters.